The van der Waals surface area contributed by atoms with Crippen LogP contribution in [0.4, 0.5) is 65.9 Å². The van der Waals surface area contributed by atoms with Crippen LogP contribution in [0.25, 0.3) is 0 Å². The second-order valence-corrected chi connectivity index (χ2v) is 12.5. The minimum absolute atomic E-state index is 7.43. The van der Waals surface area contributed by atoms with E-state index in [1.165, 1.54) is 0 Å². The van der Waals surface area contributed by atoms with E-state index in [-0.39, 0.29) is 0 Å². The third-order valence-corrected chi connectivity index (χ3v) is 11.2. The van der Waals surface area contributed by atoms with Gasteiger partial charge in [-0.1, -0.05) is 0 Å². The van der Waals surface area contributed by atoms with Crippen molar-refractivity contribution in [1.82, 2.24) is 0 Å². The van der Waals surface area contributed by atoms with E-state index in [1.807, 2.05) is 0 Å². The predicted octanol–water partition coefficient (Wildman–Crippen LogP) is 4.69. The standard InChI is InChI=1S/3C2F5.In/c3*3-1(4)2(5,6)7;. The van der Waals surface area contributed by atoms with E-state index in [1.54, 1.807) is 0 Å². The molecule has 0 unspecified atom stereocenters. The average molecular weight is 472 g/mol. The van der Waals surface area contributed by atoms with Crippen LogP contribution in [-0.2, 0) is 0 Å². The second-order valence-electron chi connectivity index (χ2n) is 3.80. The molecule has 0 atom stereocenters. The van der Waals surface area contributed by atoms with E-state index in [0.717, 1.165) is 0 Å². The zero-order chi connectivity index (χ0) is 18.6. The van der Waals surface area contributed by atoms with Crippen LogP contribution in [0.15, 0.2) is 0 Å². The molecule has 0 rings (SSSR count). The number of alkyl halides is 15. The van der Waals surface area contributed by atoms with Gasteiger partial charge in [0.25, 0.3) is 0 Å². The summed E-state index contributed by atoms with van der Waals surface area (Å²) < 4.78 is 160. The molecule has 0 nitrogen and oxygen atoms in total. The van der Waals surface area contributed by atoms with E-state index < -0.39 is 51.0 Å². The Labute approximate surface area is 117 Å². The van der Waals surface area contributed by atoms with Gasteiger partial charge in [0.15, 0.2) is 0 Å². The normalized spacial score (nSPS) is 16.0. The molecule has 0 saturated heterocycles. The van der Waals surface area contributed by atoms with Gasteiger partial charge in [0, 0.05) is 0 Å². The summed E-state index contributed by atoms with van der Waals surface area (Å²) in [6.45, 7) is 0. The molecule has 22 heavy (non-hydrogen) atoms. The van der Waals surface area contributed by atoms with Crippen molar-refractivity contribution in [3.05, 3.63) is 0 Å². The Morgan fingerprint density at radius 3 is 0.545 bits per heavy atom. The van der Waals surface area contributed by atoms with Crippen LogP contribution in [0.3, 0.4) is 0 Å². The van der Waals surface area contributed by atoms with E-state index in [0.29, 0.717) is 0 Å². The Balaban J connectivity index is 6.53. The quantitative estimate of drug-likeness (QED) is 0.524. The Kier molecular flexibility index (Phi) is 5.38. The van der Waals surface area contributed by atoms with Crippen molar-refractivity contribution in [2.75, 3.05) is 0 Å². The minimum atomic E-state index is -9.55. The Bertz CT molecular complexity index is 334. The first-order chi connectivity index (χ1) is 9.12. The first-order valence-electron chi connectivity index (χ1n) is 4.45. The Morgan fingerprint density at radius 1 is 0.318 bits per heavy atom. The van der Waals surface area contributed by atoms with E-state index in [2.05, 4.69) is 0 Å². The maximum atomic E-state index is 12.7. The molecule has 0 N–H and O–H groups in total. The molecular formula is C6F15In. The first kappa shape index (κ1) is 21.8. The third kappa shape index (κ3) is 3.49. The monoisotopic (exact) mass is 472 g/mol. The van der Waals surface area contributed by atoms with E-state index in [4.69, 9.17) is 0 Å². The van der Waals surface area contributed by atoms with Crippen LogP contribution in [0.1, 0.15) is 0 Å². The van der Waals surface area contributed by atoms with Crippen LogP contribution in [0, 0.1) is 0 Å². The predicted molar refractivity (Wildman–Crippen MR) is 38.8 cm³/mol. The summed E-state index contributed by atoms with van der Waals surface area (Å²) in [5, 5.41) is 0. The molecule has 0 spiro atoms. The first-order valence-corrected chi connectivity index (χ1v) is 9.39. The SMILES string of the molecule is FC(F)(F)[C](F)(F)[In]([C](F)(F)C(F)(F)F)[C](F)(F)C(F)(F)F. The molecule has 0 aliphatic rings. The van der Waals surface area contributed by atoms with E-state index >= 15 is 0 Å². The van der Waals surface area contributed by atoms with Gasteiger partial charge in [-0.3, -0.25) is 0 Å². The number of halogens is 15. The van der Waals surface area contributed by atoms with Gasteiger partial charge >= 0.3 is 117 Å². The fourth-order valence-corrected chi connectivity index (χ4v) is 7.88. The van der Waals surface area contributed by atoms with Crippen LogP contribution in [-0.4, -0.2) is 51.0 Å². The zero-order valence-electron chi connectivity index (χ0n) is 9.25. The molecule has 0 heterocycles. The van der Waals surface area contributed by atoms with Gasteiger partial charge < -0.3 is 0 Å². The van der Waals surface area contributed by atoms with Crippen molar-refractivity contribution >= 4 is 21.4 Å². The van der Waals surface area contributed by atoms with Crippen molar-refractivity contribution in [3.63, 3.8) is 0 Å². The molecule has 0 aromatic rings. The molecule has 0 amide bonds. The number of hydrogen-bond acceptors (Lipinski definition) is 0. The molecule has 16 heteroatoms. The van der Waals surface area contributed by atoms with E-state index in [9.17, 15) is 65.9 Å². The number of hydrogen-bond donors (Lipinski definition) is 0. The topological polar surface area (TPSA) is 0 Å². The third-order valence-electron chi connectivity index (χ3n) is 2.22. The summed E-state index contributed by atoms with van der Waals surface area (Å²) in [5.74, 6) is 0. The van der Waals surface area contributed by atoms with Crippen molar-refractivity contribution in [3.8, 4) is 0 Å². The van der Waals surface area contributed by atoms with Crippen molar-refractivity contribution in [2.45, 2.75) is 29.6 Å². The molecule has 0 aromatic heterocycles. The van der Waals surface area contributed by atoms with Gasteiger partial charge in [-0.25, -0.2) is 0 Å². The average Bonchev–Trinajstić information content (AvgIpc) is 2.09. The maximum absolute atomic E-state index is 12.7. The molecule has 0 bridgehead atoms. The summed E-state index contributed by atoms with van der Waals surface area (Å²) in [6.07, 6.45) is -22.3. The van der Waals surface area contributed by atoms with Gasteiger partial charge in [0.05, 0.1) is 0 Å². The number of rotatable bonds is 3. The Hall–Kier alpha value is -0.180. The second kappa shape index (κ2) is 5.43. The van der Waals surface area contributed by atoms with Crippen LogP contribution >= 0.6 is 0 Å². The van der Waals surface area contributed by atoms with Crippen LogP contribution in [0.2, 0.25) is 0 Å². The molecular weight excluding hydrogens is 472 g/mol. The summed E-state index contributed by atoms with van der Waals surface area (Å²) in [7, 11) is 0. The zero-order valence-corrected chi connectivity index (χ0v) is 12.5. The van der Waals surface area contributed by atoms with Crippen molar-refractivity contribution in [1.29, 1.82) is 0 Å². The fourth-order valence-electron chi connectivity index (χ4n) is 1.17. The van der Waals surface area contributed by atoms with Crippen molar-refractivity contribution < 1.29 is 65.9 Å². The van der Waals surface area contributed by atoms with Crippen LogP contribution in [0.5, 0.6) is 0 Å². The summed E-state index contributed by atoms with van der Waals surface area (Å²) in [4.78, 5) is 0. The molecule has 0 radical (unpaired) electrons. The summed E-state index contributed by atoms with van der Waals surface area (Å²) in [6, 6.07) is 0. The molecule has 0 saturated carbocycles. The molecule has 0 aromatic carbocycles. The molecule has 0 aliphatic carbocycles. The molecule has 132 valence electrons. The summed E-state index contributed by atoms with van der Waals surface area (Å²) >= 11 is -9.55. The van der Waals surface area contributed by atoms with Gasteiger partial charge in [0.1, 0.15) is 0 Å². The van der Waals surface area contributed by atoms with Gasteiger partial charge in [-0.2, -0.15) is 0 Å². The van der Waals surface area contributed by atoms with Gasteiger partial charge in [-0.15, -0.1) is 0 Å². The van der Waals surface area contributed by atoms with Crippen LogP contribution < -0.4 is 0 Å². The van der Waals surface area contributed by atoms with Gasteiger partial charge in [-0.05, 0) is 0 Å². The molecule has 0 aliphatic heterocycles. The summed E-state index contributed by atoms with van der Waals surface area (Å²) in [5.41, 5.74) is 0. The Morgan fingerprint density at radius 2 is 0.455 bits per heavy atom. The molecule has 0 fully saturated rings. The van der Waals surface area contributed by atoms with Gasteiger partial charge in [0.2, 0.25) is 0 Å². The van der Waals surface area contributed by atoms with Crippen molar-refractivity contribution in [2.24, 2.45) is 0 Å². The fraction of sp³-hybridized carbons (Fsp3) is 1.00.